The molecule has 17 heavy (non-hydrogen) atoms. The van der Waals surface area contributed by atoms with E-state index in [0.29, 0.717) is 32.1 Å². The lowest BCUT2D eigenvalue weighted by molar-refractivity contribution is -0.144. The summed E-state index contributed by atoms with van der Waals surface area (Å²) in [6.07, 6.45) is -0.0990. The van der Waals surface area contributed by atoms with Gasteiger partial charge in [-0.2, -0.15) is 0 Å². The van der Waals surface area contributed by atoms with Crippen LogP contribution in [0.5, 0.6) is 0 Å². The summed E-state index contributed by atoms with van der Waals surface area (Å²) in [6.45, 7) is 6.12. The van der Waals surface area contributed by atoms with E-state index in [1.165, 1.54) is 11.8 Å². The number of hydrogen-bond acceptors (Lipinski definition) is 5. The molecule has 0 spiro atoms. The molecule has 5 nitrogen and oxygen atoms in total. The van der Waals surface area contributed by atoms with Gasteiger partial charge in [-0.1, -0.05) is 0 Å². The van der Waals surface area contributed by atoms with E-state index in [2.05, 4.69) is 0 Å². The van der Waals surface area contributed by atoms with Gasteiger partial charge in [0, 0.05) is 13.1 Å². The van der Waals surface area contributed by atoms with Crippen molar-refractivity contribution in [3.63, 3.8) is 0 Å². The molecule has 1 aliphatic rings. The molecule has 0 saturated carbocycles. The van der Waals surface area contributed by atoms with Gasteiger partial charge in [-0.15, -0.1) is 11.8 Å². The Hall–Kier alpha value is -0.750. The molecule has 0 N–H and O–H groups in total. The van der Waals surface area contributed by atoms with E-state index in [9.17, 15) is 9.59 Å². The van der Waals surface area contributed by atoms with Crippen LogP contribution < -0.4 is 0 Å². The first-order valence-corrected chi connectivity index (χ1v) is 6.88. The number of morpholine rings is 1. The Morgan fingerprint density at radius 2 is 1.94 bits per heavy atom. The average Bonchev–Trinajstić information content (AvgIpc) is 2.29. The van der Waals surface area contributed by atoms with Gasteiger partial charge in [0.05, 0.1) is 30.8 Å². The van der Waals surface area contributed by atoms with Crippen LogP contribution in [0.3, 0.4) is 0 Å². The van der Waals surface area contributed by atoms with Crippen LogP contribution in [0.2, 0.25) is 0 Å². The topological polar surface area (TPSA) is 55.8 Å². The highest BCUT2D eigenvalue weighted by Crippen LogP contribution is 2.06. The lowest BCUT2D eigenvalue weighted by Gasteiger charge is -2.26. The predicted molar refractivity (Wildman–Crippen MR) is 66.0 cm³/mol. The van der Waals surface area contributed by atoms with Crippen molar-refractivity contribution in [3.8, 4) is 0 Å². The summed E-state index contributed by atoms with van der Waals surface area (Å²) in [5, 5.41) is 0. The smallest absolute Gasteiger partial charge is 0.316 e. The Labute approximate surface area is 106 Å². The minimum Gasteiger partial charge on any atom is -0.462 e. The molecular formula is C11H19NO4S. The number of ether oxygens (including phenoxy) is 2. The van der Waals surface area contributed by atoms with Crippen molar-refractivity contribution >= 4 is 23.6 Å². The molecule has 1 aliphatic heterocycles. The van der Waals surface area contributed by atoms with E-state index in [0.717, 1.165) is 0 Å². The van der Waals surface area contributed by atoms with Gasteiger partial charge in [-0.3, -0.25) is 9.59 Å². The Morgan fingerprint density at radius 1 is 1.29 bits per heavy atom. The first-order chi connectivity index (χ1) is 8.09. The maximum absolute atomic E-state index is 11.7. The summed E-state index contributed by atoms with van der Waals surface area (Å²) >= 11 is 1.30. The van der Waals surface area contributed by atoms with Gasteiger partial charge >= 0.3 is 5.97 Å². The van der Waals surface area contributed by atoms with Gasteiger partial charge in [0.2, 0.25) is 5.91 Å². The molecule has 0 atom stereocenters. The van der Waals surface area contributed by atoms with Crippen LogP contribution in [0.25, 0.3) is 0 Å². The molecule has 0 aromatic carbocycles. The quantitative estimate of drug-likeness (QED) is 0.676. The van der Waals surface area contributed by atoms with Crippen LogP contribution in [-0.4, -0.2) is 60.7 Å². The Balaban J connectivity index is 2.13. The highest BCUT2D eigenvalue weighted by Gasteiger charge is 2.17. The van der Waals surface area contributed by atoms with E-state index >= 15 is 0 Å². The summed E-state index contributed by atoms with van der Waals surface area (Å²) in [7, 11) is 0. The van der Waals surface area contributed by atoms with E-state index in [1.54, 1.807) is 18.7 Å². The number of esters is 1. The van der Waals surface area contributed by atoms with Gasteiger partial charge in [0.1, 0.15) is 0 Å². The summed E-state index contributed by atoms with van der Waals surface area (Å²) in [6, 6.07) is 0. The minimum atomic E-state index is -0.264. The van der Waals surface area contributed by atoms with E-state index in [-0.39, 0.29) is 23.7 Å². The minimum absolute atomic E-state index is 0.0654. The van der Waals surface area contributed by atoms with Crippen LogP contribution in [0.1, 0.15) is 13.8 Å². The zero-order valence-corrected chi connectivity index (χ0v) is 11.1. The molecule has 0 bridgehead atoms. The maximum atomic E-state index is 11.7. The van der Waals surface area contributed by atoms with Crippen molar-refractivity contribution in [2.75, 3.05) is 37.8 Å². The van der Waals surface area contributed by atoms with Gasteiger partial charge in [-0.25, -0.2) is 0 Å². The Morgan fingerprint density at radius 3 is 2.53 bits per heavy atom. The first kappa shape index (κ1) is 14.3. The number of hydrogen-bond donors (Lipinski definition) is 0. The second kappa shape index (κ2) is 7.55. The number of carbonyl (C=O) groups excluding carboxylic acids is 2. The maximum Gasteiger partial charge on any atom is 0.316 e. The second-order valence-corrected chi connectivity index (χ2v) is 5.01. The van der Waals surface area contributed by atoms with Crippen LogP contribution in [-0.2, 0) is 19.1 Å². The number of rotatable bonds is 5. The number of amides is 1. The third-order valence-electron chi connectivity index (χ3n) is 2.18. The van der Waals surface area contributed by atoms with Crippen molar-refractivity contribution < 1.29 is 19.1 Å². The molecule has 98 valence electrons. The lowest BCUT2D eigenvalue weighted by Crippen LogP contribution is -2.41. The van der Waals surface area contributed by atoms with E-state index in [4.69, 9.17) is 9.47 Å². The monoisotopic (exact) mass is 261 g/mol. The molecule has 1 saturated heterocycles. The molecule has 6 heteroatoms. The molecule has 1 rings (SSSR count). The van der Waals surface area contributed by atoms with E-state index < -0.39 is 0 Å². The van der Waals surface area contributed by atoms with Crippen LogP contribution in [0, 0.1) is 0 Å². The third kappa shape index (κ3) is 5.93. The van der Waals surface area contributed by atoms with Gasteiger partial charge < -0.3 is 14.4 Å². The number of thioether (sulfide) groups is 1. The fourth-order valence-electron chi connectivity index (χ4n) is 1.42. The zero-order chi connectivity index (χ0) is 12.7. The fourth-order valence-corrected chi connectivity index (χ4v) is 2.12. The zero-order valence-electron chi connectivity index (χ0n) is 10.3. The third-order valence-corrected chi connectivity index (χ3v) is 3.07. The molecule has 0 unspecified atom stereocenters. The van der Waals surface area contributed by atoms with Crippen molar-refractivity contribution in [2.24, 2.45) is 0 Å². The summed E-state index contributed by atoms with van der Waals surface area (Å²) < 4.78 is 10.1. The Bertz CT molecular complexity index is 264. The Kier molecular flexibility index (Phi) is 6.36. The van der Waals surface area contributed by atoms with Gasteiger partial charge in [0.25, 0.3) is 0 Å². The van der Waals surface area contributed by atoms with Gasteiger partial charge in [-0.05, 0) is 13.8 Å². The SMILES string of the molecule is CC(C)OC(=O)CSCC(=O)N1CCOCC1. The average molecular weight is 261 g/mol. The number of nitrogens with zero attached hydrogens (tertiary/aromatic N) is 1. The molecule has 0 aromatic rings. The summed E-state index contributed by atoms with van der Waals surface area (Å²) in [5.41, 5.74) is 0. The van der Waals surface area contributed by atoms with Gasteiger partial charge in [0.15, 0.2) is 0 Å². The van der Waals surface area contributed by atoms with Crippen LogP contribution in [0.15, 0.2) is 0 Å². The molecule has 1 fully saturated rings. The largest absolute Gasteiger partial charge is 0.462 e. The fraction of sp³-hybridized carbons (Fsp3) is 0.818. The molecule has 0 aliphatic carbocycles. The van der Waals surface area contributed by atoms with E-state index in [1.807, 2.05) is 0 Å². The normalized spacial score (nSPS) is 16.1. The highest BCUT2D eigenvalue weighted by molar-refractivity contribution is 8.00. The standard InChI is InChI=1S/C11H19NO4S/c1-9(2)16-11(14)8-17-7-10(13)12-3-5-15-6-4-12/h9H,3-8H2,1-2H3. The highest BCUT2D eigenvalue weighted by atomic mass is 32.2. The van der Waals surface area contributed by atoms with Crippen LogP contribution in [0.4, 0.5) is 0 Å². The second-order valence-electron chi connectivity index (χ2n) is 4.02. The molecular weight excluding hydrogens is 242 g/mol. The van der Waals surface area contributed by atoms with Crippen molar-refractivity contribution in [1.82, 2.24) is 4.90 Å². The van der Waals surface area contributed by atoms with Crippen molar-refractivity contribution in [1.29, 1.82) is 0 Å². The van der Waals surface area contributed by atoms with Crippen molar-refractivity contribution in [3.05, 3.63) is 0 Å². The molecule has 0 aromatic heterocycles. The predicted octanol–water partition coefficient (Wildman–Crippen LogP) is 0.530. The van der Waals surface area contributed by atoms with Crippen molar-refractivity contribution in [2.45, 2.75) is 20.0 Å². The van der Waals surface area contributed by atoms with Crippen LogP contribution >= 0.6 is 11.8 Å². The molecule has 0 radical (unpaired) electrons. The number of carbonyl (C=O) groups is 2. The summed E-state index contributed by atoms with van der Waals surface area (Å²) in [5.74, 6) is 0.358. The first-order valence-electron chi connectivity index (χ1n) is 5.72. The summed E-state index contributed by atoms with van der Waals surface area (Å²) in [4.78, 5) is 24.7. The molecule has 1 heterocycles. The molecule has 1 amide bonds. The lowest BCUT2D eigenvalue weighted by atomic mass is 10.4.